The number of hydrogen-bond donors (Lipinski definition) is 0. The molecular formula is C12H10N4O2. The van der Waals surface area contributed by atoms with Gasteiger partial charge in [0.25, 0.3) is 0 Å². The molecule has 0 saturated heterocycles. The topological polar surface area (TPSA) is 69.4 Å². The summed E-state index contributed by atoms with van der Waals surface area (Å²) in [7, 11) is 0. The Bertz CT molecular complexity index is 735. The maximum atomic E-state index is 11.6. The maximum Gasteiger partial charge on any atom is 0.357 e. The van der Waals surface area contributed by atoms with Gasteiger partial charge in [-0.25, -0.2) is 19.3 Å². The van der Waals surface area contributed by atoms with Gasteiger partial charge >= 0.3 is 5.97 Å². The molecule has 3 aromatic heterocycles. The van der Waals surface area contributed by atoms with Crippen LogP contribution in [0.2, 0.25) is 0 Å². The Balaban J connectivity index is 2.21. The standard InChI is InChI=1S/C12H10N4O2/c1-2-18-12(17)9-5-7-16-11(14-9)8-4-3-6-13-10(8)15-16/h3-7H,2H2,1H3. The molecule has 0 aliphatic rings. The number of carbonyl (C=O) groups excluding carboxylic acids is 1. The van der Waals surface area contributed by atoms with Crippen LogP contribution in [0.4, 0.5) is 0 Å². The first-order valence-corrected chi connectivity index (χ1v) is 5.57. The van der Waals surface area contributed by atoms with Gasteiger partial charge in [-0.1, -0.05) is 0 Å². The Kier molecular flexibility index (Phi) is 2.40. The molecule has 6 heteroatoms. The highest BCUT2D eigenvalue weighted by atomic mass is 16.5. The molecule has 0 fully saturated rings. The summed E-state index contributed by atoms with van der Waals surface area (Å²) in [4.78, 5) is 20.0. The lowest BCUT2D eigenvalue weighted by molar-refractivity contribution is 0.0519. The van der Waals surface area contributed by atoms with E-state index >= 15 is 0 Å². The SMILES string of the molecule is CCOC(=O)c1ccn2nc3ncccc3c2n1. The number of carbonyl (C=O) groups is 1. The minimum Gasteiger partial charge on any atom is -0.461 e. The zero-order valence-corrected chi connectivity index (χ0v) is 9.70. The highest BCUT2D eigenvalue weighted by molar-refractivity contribution is 5.92. The van der Waals surface area contributed by atoms with E-state index in [1.165, 1.54) is 0 Å². The minimum absolute atomic E-state index is 0.273. The average Bonchev–Trinajstić information content (AvgIpc) is 2.76. The van der Waals surface area contributed by atoms with Gasteiger partial charge in [-0.3, -0.25) is 0 Å². The molecule has 0 amide bonds. The molecule has 90 valence electrons. The van der Waals surface area contributed by atoms with Gasteiger partial charge in [-0.2, -0.15) is 0 Å². The maximum absolute atomic E-state index is 11.6. The van der Waals surface area contributed by atoms with Gasteiger partial charge in [0.05, 0.1) is 12.0 Å². The van der Waals surface area contributed by atoms with Crippen molar-refractivity contribution in [1.82, 2.24) is 19.6 Å². The molecule has 0 unspecified atom stereocenters. The molecule has 0 N–H and O–H groups in total. The Morgan fingerprint density at radius 1 is 1.44 bits per heavy atom. The molecular weight excluding hydrogens is 232 g/mol. The fourth-order valence-electron chi connectivity index (χ4n) is 1.75. The lowest BCUT2D eigenvalue weighted by Crippen LogP contribution is -2.08. The molecule has 3 heterocycles. The van der Waals surface area contributed by atoms with Gasteiger partial charge in [-0.15, -0.1) is 5.10 Å². The number of fused-ring (bicyclic) bond motifs is 3. The van der Waals surface area contributed by atoms with Crippen molar-refractivity contribution in [2.75, 3.05) is 6.61 Å². The summed E-state index contributed by atoms with van der Waals surface area (Å²) >= 11 is 0. The van der Waals surface area contributed by atoms with Crippen LogP contribution >= 0.6 is 0 Å². The van der Waals surface area contributed by atoms with Crippen LogP contribution in [0, 0.1) is 0 Å². The molecule has 0 atom stereocenters. The molecule has 0 saturated carbocycles. The summed E-state index contributed by atoms with van der Waals surface area (Å²) in [5, 5.41) is 5.06. The summed E-state index contributed by atoms with van der Waals surface area (Å²) in [6, 6.07) is 5.26. The normalized spacial score (nSPS) is 10.9. The van der Waals surface area contributed by atoms with Crippen LogP contribution in [-0.2, 0) is 4.74 Å². The van der Waals surface area contributed by atoms with Crippen LogP contribution in [0.3, 0.4) is 0 Å². The minimum atomic E-state index is -0.432. The van der Waals surface area contributed by atoms with Crippen LogP contribution in [0.1, 0.15) is 17.4 Å². The Morgan fingerprint density at radius 2 is 2.33 bits per heavy atom. The van der Waals surface area contributed by atoms with Gasteiger partial charge in [0.1, 0.15) is 0 Å². The van der Waals surface area contributed by atoms with Crippen LogP contribution < -0.4 is 0 Å². The number of hydrogen-bond acceptors (Lipinski definition) is 5. The predicted octanol–water partition coefficient (Wildman–Crippen LogP) is 1.45. The lowest BCUT2D eigenvalue weighted by Gasteiger charge is -2.00. The van der Waals surface area contributed by atoms with Crippen molar-refractivity contribution in [2.45, 2.75) is 6.92 Å². The van der Waals surface area contributed by atoms with E-state index in [0.29, 0.717) is 17.9 Å². The van der Waals surface area contributed by atoms with Crippen LogP contribution in [-0.4, -0.2) is 32.2 Å². The number of ether oxygens (including phenoxy) is 1. The second kappa shape index (κ2) is 4.06. The van der Waals surface area contributed by atoms with Crippen LogP contribution in [0.25, 0.3) is 16.7 Å². The van der Waals surface area contributed by atoms with Gasteiger partial charge in [-0.05, 0) is 25.1 Å². The van der Waals surface area contributed by atoms with Gasteiger partial charge < -0.3 is 4.74 Å². The van der Waals surface area contributed by atoms with E-state index in [2.05, 4.69) is 15.1 Å². The van der Waals surface area contributed by atoms with Gasteiger partial charge in [0.15, 0.2) is 17.0 Å². The Hall–Kier alpha value is -2.50. The van der Waals surface area contributed by atoms with E-state index in [-0.39, 0.29) is 5.69 Å². The first-order valence-electron chi connectivity index (χ1n) is 5.57. The number of pyridine rings is 1. The lowest BCUT2D eigenvalue weighted by atomic mass is 10.3. The highest BCUT2D eigenvalue weighted by Crippen LogP contribution is 2.15. The van der Waals surface area contributed by atoms with Gasteiger partial charge in [0, 0.05) is 12.4 Å². The third kappa shape index (κ3) is 1.58. The fraction of sp³-hybridized carbons (Fsp3) is 0.167. The smallest absolute Gasteiger partial charge is 0.357 e. The monoisotopic (exact) mass is 242 g/mol. The number of rotatable bonds is 2. The van der Waals surface area contributed by atoms with Crippen molar-refractivity contribution in [3.8, 4) is 0 Å². The van der Waals surface area contributed by atoms with E-state index in [4.69, 9.17) is 4.74 Å². The van der Waals surface area contributed by atoms with Crippen molar-refractivity contribution < 1.29 is 9.53 Å². The fourth-order valence-corrected chi connectivity index (χ4v) is 1.75. The highest BCUT2D eigenvalue weighted by Gasteiger charge is 2.12. The third-order valence-corrected chi connectivity index (χ3v) is 2.53. The summed E-state index contributed by atoms with van der Waals surface area (Å²) < 4.78 is 6.52. The van der Waals surface area contributed by atoms with Crippen molar-refractivity contribution >= 4 is 22.6 Å². The quantitative estimate of drug-likeness (QED) is 0.636. The van der Waals surface area contributed by atoms with Crippen LogP contribution in [0.15, 0.2) is 30.6 Å². The zero-order chi connectivity index (χ0) is 12.5. The molecule has 3 aromatic rings. The summed E-state index contributed by atoms with van der Waals surface area (Å²) in [5.74, 6) is -0.432. The van der Waals surface area contributed by atoms with E-state index in [1.807, 2.05) is 12.1 Å². The number of aromatic nitrogens is 4. The van der Waals surface area contributed by atoms with Crippen molar-refractivity contribution in [2.24, 2.45) is 0 Å². The van der Waals surface area contributed by atoms with Crippen LogP contribution in [0.5, 0.6) is 0 Å². The summed E-state index contributed by atoms with van der Waals surface area (Å²) in [6.07, 6.45) is 3.34. The second-order valence-electron chi connectivity index (χ2n) is 3.68. The molecule has 0 spiro atoms. The second-order valence-corrected chi connectivity index (χ2v) is 3.68. The number of nitrogens with zero attached hydrogens (tertiary/aromatic N) is 4. The molecule has 0 aliphatic carbocycles. The van der Waals surface area contributed by atoms with Crippen molar-refractivity contribution in [3.05, 3.63) is 36.3 Å². The summed E-state index contributed by atoms with van der Waals surface area (Å²) in [6.45, 7) is 2.09. The van der Waals surface area contributed by atoms with Crippen molar-refractivity contribution in [3.63, 3.8) is 0 Å². The molecule has 18 heavy (non-hydrogen) atoms. The molecule has 0 bridgehead atoms. The molecule has 0 aliphatic heterocycles. The Labute approximate surface area is 102 Å². The number of esters is 1. The first kappa shape index (κ1) is 10.6. The summed E-state index contributed by atoms with van der Waals surface area (Å²) in [5.41, 5.74) is 1.48. The van der Waals surface area contributed by atoms with E-state index < -0.39 is 5.97 Å². The molecule has 0 radical (unpaired) electrons. The van der Waals surface area contributed by atoms with Gasteiger partial charge in [0.2, 0.25) is 0 Å². The largest absolute Gasteiger partial charge is 0.461 e. The van der Waals surface area contributed by atoms with E-state index in [1.54, 1.807) is 29.9 Å². The average molecular weight is 242 g/mol. The predicted molar refractivity (Wildman–Crippen MR) is 64.2 cm³/mol. The first-order chi connectivity index (χ1) is 8.79. The third-order valence-electron chi connectivity index (χ3n) is 2.53. The van der Waals surface area contributed by atoms with E-state index in [9.17, 15) is 4.79 Å². The molecule has 0 aromatic carbocycles. The van der Waals surface area contributed by atoms with Crippen molar-refractivity contribution in [1.29, 1.82) is 0 Å². The Morgan fingerprint density at radius 3 is 3.17 bits per heavy atom. The zero-order valence-electron chi connectivity index (χ0n) is 9.70. The molecule has 3 rings (SSSR count). The molecule has 6 nitrogen and oxygen atoms in total. The van der Waals surface area contributed by atoms with E-state index in [0.717, 1.165) is 5.39 Å².